The number of nitrogens with one attached hydrogen (secondary N) is 2. The molecular weight excluding hydrogens is 524 g/mol. The lowest BCUT2D eigenvalue weighted by molar-refractivity contribution is -0.135. The summed E-state index contributed by atoms with van der Waals surface area (Å²) in [6.45, 7) is 2.57. The molecule has 41 heavy (non-hydrogen) atoms. The Morgan fingerprint density at radius 3 is 2.05 bits per heavy atom. The van der Waals surface area contributed by atoms with Gasteiger partial charge in [0.2, 0.25) is 11.8 Å². The van der Waals surface area contributed by atoms with Crippen LogP contribution in [0.4, 0.5) is 10.5 Å². The summed E-state index contributed by atoms with van der Waals surface area (Å²) in [6, 6.07) is 20.4. The monoisotopic (exact) mass is 556 g/mol. The summed E-state index contributed by atoms with van der Waals surface area (Å²) >= 11 is 0. The first-order valence-corrected chi connectivity index (χ1v) is 13.5. The van der Waals surface area contributed by atoms with Gasteiger partial charge in [0.05, 0.1) is 12.0 Å². The van der Waals surface area contributed by atoms with Gasteiger partial charge in [-0.15, -0.1) is 0 Å². The quantitative estimate of drug-likeness (QED) is 0.388. The van der Waals surface area contributed by atoms with Gasteiger partial charge in [-0.1, -0.05) is 48.5 Å². The van der Waals surface area contributed by atoms with Crippen molar-refractivity contribution >= 4 is 29.6 Å². The first kappa shape index (κ1) is 27.9. The lowest BCUT2D eigenvalue weighted by Crippen LogP contribution is -2.51. The Bertz CT molecular complexity index is 1400. The molecule has 1 aliphatic heterocycles. The van der Waals surface area contributed by atoms with Crippen LogP contribution < -0.4 is 10.6 Å². The molecule has 2 aliphatic rings. The number of hydrogen-bond donors (Lipinski definition) is 3. The maximum absolute atomic E-state index is 13.2. The van der Waals surface area contributed by atoms with Crippen LogP contribution in [-0.2, 0) is 14.3 Å². The van der Waals surface area contributed by atoms with Crippen molar-refractivity contribution in [3.63, 3.8) is 0 Å². The first-order valence-electron chi connectivity index (χ1n) is 13.5. The molecule has 3 aromatic carbocycles. The summed E-state index contributed by atoms with van der Waals surface area (Å²) < 4.78 is 5.63. The third-order valence-corrected chi connectivity index (χ3v) is 7.59. The van der Waals surface area contributed by atoms with E-state index in [9.17, 15) is 19.2 Å². The smallest absolute Gasteiger partial charge is 0.407 e. The molecule has 1 aliphatic carbocycles. The number of alkyl carbamates (subject to hydrolysis) is 1. The molecule has 0 bridgehead atoms. The molecule has 0 spiro atoms. The Balaban J connectivity index is 1.27. The Morgan fingerprint density at radius 2 is 1.46 bits per heavy atom. The zero-order valence-electron chi connectivity index (χ0n) is 22.7. The van der Waals surface area contributed by atoms with E-state index in [4.69, 9.17) is 9.84 Å². The van der Waals surface area contributed by atoms with Crippen molar-refractivity contribution in [3.05, 3.63) is 89.5 Å². The minimum atomic E-state index is -1.20. The topological polar surface area (TPSA) is 128 Å². The number of carbonyl (C=O) groups excluding carboxylic acids is 3. The van der Waals surface area contributed by atoms with Crippen LogP contribution in [0.3, 0.4) is 0 Å². The maximum Gasteiger partial charge on any atom is 0.407 e. The van der Waals surface area contributed by atoms with Crippen LogP contribution in [-0.4, -0.2) is 84.7 Å². The number of carboxylic acid groups (broad SMARTS) is 1. The van der Waals surface area contributed by atoms with E-state index in [0.717, 1.165) is 35.3 Å². The minimum absolute atomic E-state index is 0.0667. The third-order valence-electron chi connectivity index (χ3n) is 7.59. The van der Waals surface area contributed by atoms with Gasteiger partial charge in [-0.25, -0.2) is 9.59 Å². The molecule has 1 atom stereocenters. The molecule has 1 saturated heterocycles. The van der Waals surface area contributed by atoms with E-state index < -0.39 is 24.0 Å². The number of benzene rings is 3. The summed E-state index contributed by atoms with van der Waals surface area (Å²) in [5, 5.41) is 14.4. The average molecular weight is 557 g/mol. The lowest BCUT2D eigenvalue weighted by atomic mass is 9.98. The first-order chi connectivity index (χ1) is 19.8. The highest BCUT2D eigenvalue weighted by Gasteiger charge is 2.31. The van der Waals surface area contributed by atoms with Crippen LogP contribution in [0.5, 0.6) is 0 Å². The Kier molecular flexibility index (Phi) is 8.30. The summed E-state index contributed by atoms with van der Waals surface area (Å²) in [7, 11) is 1.98. The molecule has 10 heteroatoms. The predicted octanol–water partition coefficient (Wildman–Crippen LogP) is 3.39. The van der Waals surface area contributed by atoms with Gasteiger partial charge < -0.3 is 30.3 Å². The lowest BCUT2D eigenvalue weighted by Gasteiger charge is -2.33. The van der Waals surface area contributed by atoms with E-state index in [-0.39, 0.29) is 30.4 Å². The Labute approximate surface area is 237 Å². The van der Waals surface area contributed by atoms with E-state index in [1.54, 1.807) is 4.90 Å². The SMILES string of the molecule is CN1CCN(C(=O)C[C@H](NC(=O)OCC2c3ccccc3-c3ccccc32)C(=O)Nc2ccc(C(=O)O)cc2)CC1. The number of amides is 3. The van der Waals surface area contributed by atoms with Crippen LogP contribution >= 0.6 is 0 Å². The zero-order chi connectivity index (χ0) is 28.9. The molecule has 3 aromatic rings. The Morgan fingerprint density at radius 1 is 0.878 bits per heavy atom. The normalized spacial score (nSPS) is 15.4. The second-order valence-corrected chi connectivity index (χ2v) is 10.3. The highest BCUT2D eigenvalue weighted by Crippen LogP contribution is 2.44. The standard InChI is InChI=1S/C31H32N4O6/c1-34-14-16-35(17-15-34)28(36)18-27(29(37)32-21-12-10-20(11-13-21)30(38)39)33-31(40)41-19-26-24-8-4-2-6-22(24)23-7-3-5-9-25(23)26/h2-13,26-27H,14-19H2,1H3,(H,32,37)(H,33,40)(H,38,39)/t27-/m0/s1. The fourth-order valence-corrected chi connectivity index (χ4v) is 5.28. The van der Waals surface area contributed by atoms with Crippen molar-refractivity contribution < 1.29 is 29.0 Å². The van der Waals surface area contributed by atoms with Gasteiger partial charge in [0.15, 0.2) is 0 Å². The number of ether oxygens (including phenoxy) is 1. The highest BCUT2D eigenvalue weighted by atomic mass is 16.5. The molecule has 0 radical (unpaired) electrons. The molecule has 1 heterocycles. The zero-order valence-corrected chi connectivity index (χ0v) is 22.7. The van der Waals surface area contributed by atoms with Gasteiger partial charge in [0, 0.05) is 37.8 Å². The minimum Gasteiger partial charge on any atom is -0.478 e. The summed E-state index contributed by atoms with van der Waals surface area (Å²) in [5.41, 5.74) is 4.73. The van der Waals surface area contributed by atoms with E-state index in [2.05, 4.69) is 15.5 Å². The van der Waals surface area contributed by atoms with Crippen LogP contribution in [0.2, 0.25) is 0 Å². The van der Waals surface area contributed by atoms with Gasteiger partial charge in [0.1, 0.15) is 12.6 Å². The largest absolute Gasteiger partial charge is 0.478 e. The van der Waals surface area contributed by atoms with Crippen molar-refractivity contribution in [3.8, 4) is 11.1 Å². The van der Waals surface area contributed by atoms with E-state index in [1.807, 2.05) is 55.6 Å². The molecule has 0 unspecified atom stereocenters. The summed E-state index contributed by atoms with van der Waals surface area (Å²) in [4.78, 5) is 54.3. The number of nitrogens with zero attached hydrogens (tertiary/aromatic N) is 2. The molecule has 1 fully saturated rings. The van der Waals surface area contributed by atoms with Crippen molar-refractivity contribution in [2.45, 2.75) is 18.4 Å². The number of aromatic carboxylic acids is 1. The summed E-state index contributed by atoms with van der Waals surface area (Å²) in [6.07, 6.45) is -1.05. The van der Waals surface area contributed by atoms with Gasteiger partial charge >= 0.3 is 12.1 Å². The predicted molar refractivity (Wildman–Crippen MR) is 153 cm³/mol. The van der Waals surface area contributed by atoms with Crippen LogP contribution in [0, 0.1) is 0 Å². The second-order valence-electron chi connectivity index (χ2n) is 10.3. The van der Waals surface area contributed by atoms with Crippen LogP contribution in [0.25, 0.3) is 11.1 Å². The second kappa shape index (κ2) is 12.2. The number of rotatable bonds is 8. The van der Waals surface area contributed by atoms with E-state index in [1.165, 1.54) is 24.3 Å². The van der Waals surface area contributed by atoms with E-state index >= 15 is 0 Å². The fraction of sp³-hybridized carbons (Fsp3) is 0.290. The molecule has 212 valence electrons. The van der Waals surface area contributed by atoms with Gasteiger partial charge in [0.25, 0.3) is 0 Å². The average Bonchev–Trinajstić information content (AvgIpc) is 3.30. The molecular formula is C31H32N4O6. The van der Waals surface area contributed by atoms with Crippen molar-refractivity contribution in [2.24, 2.45) is 0 Å². The molecule has 3 amide bonds. The van der Waals surface area contributed by atoms with Crippen molar-refractivity contribution in [2.75, 3.05) is 45.2 Å². The number of likely N-dealkylation sites (N-methyl/N-ethyl adjacent to an activating group) is 1. The number of carbonyl (C=O) groups is 4. The van der Waals surface area contributed by atoms with Gasteiger partial charge in [-0.05, 0) is 53.6 Å². The summed E-state index contributed by atoms with van der Waals surface area (Å²) in [5.74, 6) is -2.10. The number of carboxylic acids is 1. The number of hydrogen-bond acceptors (Lipinski definition) is 6. The van der Waals surface area contributed by atoms with Gasteiger partial charge in [-0.3, -0.25) is 9.59 Å². The maximum atomic E-state index is 13.2. The van der Waals surface area contributed by atoms with Gasteiger partial charge in [-0.2, -0.15) is 0 Å². The fourth-order valence-electron chi connectivity index (χ4n) is 5.28. The van der Waals surface area contributed by atoms with Crippen molar-refractivity contribution in [1.82, 2.24) is 15.1 Å². The molecule has 0 saturated carbocycles. The molecule has 3 N–H and O–H groups in total. The third kappa shape index (κ3) is 6.38. The highest BCUT2D eigenvalue weighted by molar-refractivity contribution is 5.99. The Hall–Kier alpha value is -4.70. The van der Waals surface area contributed by atoms with Crippen LogP contribution in [0.1, 0.15) is 33.8 Å². The number of anilines is 1. The number of piperazine rings is 1. The van der Waals surface area contributed by atoms with E-state index in [0.29, 0.717) is 18.8 Å². The van der Waals surface area contributed by atoms with Crippen molar-refractivity contribution in [1.29, 1.82) is 0 Å². The van der Waals surface area contributed by atoms with Crippen LogP contribution in [0.15, 0.2) is 72.8 Å². The molecule has 5 rings (SSSR count). The molecule has 0 aromatic heterocycles. The number of fused-ring (bicyclic) bond motifs is 3. The molecule has 10 nitrogen and oxygen atoms in total.